The number of amides is 2. The van der Waals surface area contributed by atoms with Crippen LogP contribution in [0.3, 0.4) is 0 Å². The van der Waals surface area contributed by atoms with Crippen molar-refractivity contribution in [1.82, 2.24) is 9.80 Å². The minimum atomic E-state index is 0.156. The van der Waals surface area contributed by atoms with Gasteiger partial charge in [0, 0.05) is 38.0 Å². The normalized spacial score (nSPS) is 25.8. The predicted octanol–water partition coefficient (Wildman–Crippen LogP) is 2.28. The van der Waals surface area contributed by atoms with E-state index in [4.69, 9.17) is 0 Å². The first-order chi connectivity index (χ1) is 10.1. The summed E-state index contributed by atoms with van der Waals surface area (Å²) in [5, 5.41) is 0. The van der Waals surface area contributed by atoms with Gasteiger partial charge in [-0.05, 0) is 44.4 Å². The van der Waals surface area contributed by atoms with E-state index in [1.165, 1.54) is 6.42 Å². The van der Waals surface area contributed by atoms with Crippen molar-refractivity contribution in [2.24, 2.45) is 17.8 Å². The number of carbonyl (C=O) groups excluding carboxylic acids is 2. The average Bonchev–Trinajstić information content (AvgIpc) is 2.46. The zero-order chi connectivity index (χ0) is 14.8. The fourth-order valence-electron chi connectivity index (χ4n) is 3.75. The average molecular weight is 292 g/mol. The molecule has 0 aromatic rings. The summed E-state index contributed by atoms with van der Waals surface area (Å²) in [6, 6.07) is 0. The van der Waals surface area contributed by atoms with Gasteiger partial charge in [-0.2, -0.15) is 0 Å². The third-order valence-corrected chi connectivity index (χ3v) is 5.71. The molecule has 2 aliphatic heterocycles. The van der Waals surface area contributed by atoms with Gasteiger partial charge in [0.05, 0.1) is 0 Å². The maximum absolute atomic E-state index is 12.6. The van der Waals surface area contributed by atoms with Crippen LogP contribution in [0.4, 0.5) is 0 Å². The zero-order valence-electron chi connectivity index (χ0n) is 13.2. The molecule has 21 heavy (non-hydrogen) atoms. The zero-order valence-corrected chi connectivity index (χ0v) is 13.2. The Balaban J connectivity index is 1.46. The van der Waals surface area contributed by atoms with Gasteiger partial charge < -0.3 is 9.80 Å². The van der Waals surface area contributed by atoms with Gasteiger partial charge in [0.15, 0.2) is 0 Å². The van der Waals surface area contributed by atoms with Crippen molar-refractivity contribution in [2.75, 3.05) is 26.2 Å². The van der Waals surface area contributed by atoms with E-state index in [-0.39, 0.29) is 5.92 Å². The molecule has 3 rings (SSSR count). The molecule has 118 valence electrons. The lowest BCUT2D eigenvalue weighted by atomic mass is 9.83. The summed E-state index contributed by atoms with van der Waals surface area (Å²) >= 11 is 0. The minimum absolute atomic E-state index is 0.156. The maximum atomic E-state index is 12.6. The smallest absolute Gasteiger partial charge is 0.225 e. The molecular formula is C17H28N2O2. The van der Waals surface area contributed by atoms with E-state index < -0.39 is 0 Å². The van der Waals surface area contributed by atoms with Gasteiger partial charge in [-0.3, -0.25) is 9.59 Å². The van der Waals surface area contributed by atoms with E-state index in [0.717, 1.165) is 70.6 Å². The molecular weight excluding hydrogens is 264 g/mol. The Morgan fingerprint density at radius 3 is 1.57 bits per heavy atom. The fourth-order valence-corrected chi connectivity index (χ4v) is 3.75. The Hall–Kier alpha value is -1.06. The van der Waals surface area contributed by atoms with Crippen molar-refractivity contribution < 1.29 is 9.59 Å². The third kappa shape index (κ3) is 3.24. The van der Waals surface area contributed by atoms with Crippen LogP contribution in [-0.2, 0) is 9.59 Å². The third-order valence-electron chi connectivity index (χ3n) is 5.71. The lowest BCUT2D eigenvalue weighted by molar-refractivity contribution is -0.144. The van der Waals surface area contributed by atoms with Gasteiger partial charge in [-0.25, -0.2) is 0 Å². The van der Waals surface area contributed by atoms with Crippen molar-refractivity contribution in [3.8, 4) is 0 Å². The van der Waals surface area contributed by atoms with Crippen LogP contribution in [0.1, 0.15) is 51.9 Å². The van der Waals surface area contributed by atoms with Crippen molar-refractivity contribution in [1.29, 1.82) is 0 Å². The Labute approximate surface area is 127 Å². The second-order valence-corrected chi connectivity index (χ2v) is 7.24. The standard InChI is InChI=1S/C17H28N2O2/c1-13-5-9-18(10-6-13)17(21)15-7-11-19(12-8-15)16(20)14-3-2-4-14/h13-15H,2-12H2,1H3. The Kier molecular flexibility index (Phi) is 4.51. The molecule has 2 heterocycles. The van der Waals surface area contributed by atoms with Crippen LogP contribution in [0, 0.1) is 17.8 Å². The summed E-state index contributed by atoms with van der Waals surface area (Å²) in [5.41, 5.74) is 0. The lowest BCUT2D eigenvalue weighted by Crippen LogP contribution is -2.48. The van der Waals surface area contributed by atoms with E-state index in [1.54, 1.807) is 0 Å². The van der Waals surface area contributed by atoms with Gasteiger partial charge in [0.1, 0.15) is 0 Å². The molecule has 0 radical (unpaired) electrons. The first kappa shape index (κ1) is 14.9. The summed E-state index contributed by atoms with van der Waals surface area (Å²) < 4.78 is 0. The molecule has 0 atom stereocenters. The highest BCUT2D eigenvalue weighted by molar-refractivity contribution is 5.81. The fraction of sp³-hybridized carbons (Fsp3) is 0.882. The van der Waals surface area contributed by atoms with Gasteiger partial charge in [0.2, 0.25) is 11.8 Å². The lowest BCUT2D eigenvalue weighted by Gasteiger charge is -2.38. The Bertz CT molecular complexity index is 390. The maximum Gasteiger partial charge on any atom is 0.225 e. The van der Waals surface area contributed by atoms with E-state index in [2.05, 4.69) is 11.8 Å². The molecule has 0 spiro atoms. The summed E-state index contributed by atoms with van der Waals surface area (Å²) in [7, 11) is 0. The van der Waals surface area contributed by atoms with Crippen molar-refractivity contribution in [3.63, 3.8) is 0 Å². The quantitative estimate of drug-likeness (QED) is 0.783. The second-order valence-electron chi connectivity index (χ2n) is 7.24. The number of hydrogen-bond donors (Lipinski definition) is 0. The monoisotopic (exact) mass is 292 g/mol. The van der Waals surface area contributed by atoms with Gasteiger partial charge >= 0.3 is 0 Å². The molecule has 3 fully saturated rings. The number of likely N-dealkylation sites (tertiary alicyclic amines) is 2. The van der Waals surface area contributed by atoms with Crippen LogP contribution >= 0.6 is 0 Å². The van der Waals surface area contributed by atoms with Crippen LogP contribution in [0.5, 0.6) is 0 Å². The molecule has 4 heteroatoms. The second kappa shape index (κ2) is 6.37. The van der Waals surface area contributed by atoms with Crippen LogP contribution in [-0.4, -0.2) is 47.8 Å². The van der Waals surface area contributed by atoms with E-state index in [0.29, 0.717) is 17.7 Å². The highest BCUT2D eigenvalue weighted by atomic mass is 16.2. The SMILES string of the molecule is CC1CCN(C(=O)C2CCN(C(=O)C3CCC3)CC2)CC1. The van der Waals surface area contributed by atoms with Crippen LogP contribution in [0.2, 0.25) is 0 Å². The first-order valence-electron chi connectivity index (χ1n) is 8.72. The summed E-state index contributed by atoms with van der Waals surface area (Å²) in [4.78, 5) is 28.9. The number of nitrogens with zero attached hydrogens (tertiary/aromatic N) is 2. The predicted molar refractivity (Wildman–Crippen MR) is 81.6 cm³/mol. The number of hydrogen-bond acceptors (Lipinski definition) is 2. The summed E-state index contributed by atoms with van der Waals surface area (Å²) in [5.74, 6) is 1.90. The molecule has 0 aromatic carbocycles. The van der Waals surface area contributed by atoms with Gasteiger partial charge in [-0.15, -0.1) is 0 Å². The van der Waals surface area contributed by atoms with Gasteiger partial charge in [0.25, 0.3) is 0 Å². The minimum Gasteiger partial charge on any atom is -0.342 e. The molecule has 4 nitrogen and oxygen atoms in total. The summed E-state index contributed by atoms with van der Waals surface area (Å²) in [6.45, 7) is 5.71. The van der Waals surface area contributed by atoms with Crippen LogP contribution in [0.25, 0.3) is 0 Å². The molecule has 1 aliphatic carbocycles. The molecule has 0 aromatic heterocycles. The topological polar surface area (TPSA) is 40.6 Å². The highest BCUT2D eigenvalue weighted by Crippen LogP contribution is 2.30. The van der Waals surface area contributed by atoms with E-state index in [1.807, 2.05) is 4.90 Å². The Morgan fingerprint density at radius 2 is 1.14 bits per heavy atom. The largest absolute Gasteiger partial charge is 0.342 e. The van der Waals surface area contributed by atoms with Gasteiger partial charge in [-0.1, -0.05) is 13.3 Å². The van der Waals surface area contributed by atoms with Crippen LogP contribution in [0.15, 0.2) is 0 Å². The van der Waals surface area contributed by atoms with Crippen molar-refractivity contribution in [2.45, 2.75) is 51.9 Å². The molecule has 1 saturated carbocycles. The molecule has 0 bridgehead atoms. The number of piperidine rings is 2. The number of carbonyl (C=O) groups is 2. The highest BCUT2D eigenvalue weighted by Gasteiger charge is 2.34. The first-order valence-corrected chi connectivity index (χ1v) is 8.72. The van der Waals surface area contributed by atoms with E-state index >= 15 is 0 Å². The molecule has 3 aliphatic rings. The molecule has 0 unspecified atom stereocenters. The molecule has 2 saturated heterocycles. The van der Waals surface area contributed by atoms with Crippen molar-refractivity contribution >= 4 is 11.8 Å². The van der Waals surface area contributed by atoms with Crippen molar-refractivity contribution in [3.05, 3.63) is 0 Å². The summed E-state index contributed by atoms with van der Waals surface area (Å²) in [6.07, 6.45) is 7.37. The Morgan fingerprint density at radius 1 is 0.714 bits per heavy atom. The molecule has 0 N–H and O–H groups in total. The van der Waals surface area contributed by atoms with E-state index in [9.17, 15) is 9.59 Å². The number of rotatable bonds is 2. The molecule has 2 amide bonds. The van der Waals surface area contributed by atoms with Crippen LogP contribution < -0.4 is 0 Å².